The largest absolute Gasteiger partial charge is 0.417 e. The van der Waals surface area contributed by atoms with Gasteiger partial charge in [0.15, 0.2) is 11.5 Å². The topological polar surface area (TPSA) is 84.2 Å². The van der Waals surface area contributed by atoms with Crippen molar-refractivity contribution >= 4 is 11.7 Å². The Balaban J connectivity index is 1.32. The molecule has 0 bridgehead atoms. The highest BCUT2D eigenvalue weighted by molar-refractivity contribution is 5.93. The lowest BCUT2D eigenvalue weighted by Gasteiger charge is -2.33. The zero-order valence-corrected chi connectivity index (χ0v) is 15.8. The Morgan fingerprint density at radius 1 is 1.17 bits per heavy atom. The van der Waals surface area contributed by atoms with Gasteiger partial charge in [0.25, 0.3) is 5.91 Å². The molecule has 0 atom stereocenters. The average Bonchev–Trinajstić information content (AvgIpc) is 3.25. The van der Waals surface area contributed by atoms with Crippen LogP contribution < -0.4 is 10.2 Å². The van der Waals surface area contributed by atoms with Gasteiger partial charge in [0.2, 0.25) is 0 Å². The van der Waals surface area contributed by atoms with Crippen molar-refractivity contribution in [2.75, 3.05) is 18.0 Å². The van der Waals surface area contributed by atoms with Crippen molar-refractivity contribution in [3.63, 3.8) is 0 Å². The molecule has 7 nitrogen and oxygen atoms in total. The monoisotopic (exact) mass is 417 g/mol. The van der Waals surface area contributed by atoms with Gasteiger partial charge in [0, 0.05) is 49.4 Å². The van der Waals surface area contributed by atoms with Crippen molar-refractivity contribution in [2.45, 2.75) is 25.1 Å². The number of nitrogens with zero attached hydrogens (tertiary/aromatic N) is 4. The molecule has 30 heavy (non-hydrogen) atoms. The molecule has 0 radical (unpaired) electrons. The highest BCUT2D eigenvalue weighted by Crippen LogP contribution is 2.30. The van der Waals surface area contributed by atoms with Gasteiger partial charge < -0.3 is 14.7 Å². The van der Waals surface area contributed by atoms with Crippen molar-refractivity contribution in [2.24, 2.45) is 0 Å². The van der Waals surface area contributed by atoms with E-state index in [2.05, 4.69) is 20.4 Å². The Morgan fingerprint density at radius 3 is 2.60 bits per heavy atom. The molecule has 1 amide bonds. The normalized spacial score (nSPS) is 15.2. The number of amides is 1. The number of aromatic nitrogens is 3. The molecule has 0 spiro atoms. The first kappa shape index (κ1) is 19.9. The predicted molar refractivity (Wildman–Crippen MR) is 102 cm³/mol. The van der Waals surface area contributed by atoms with E-state index in [-0.39, 0.29) is 17.6 Å². The van der Waals surface area contributed by atoms with Crippen LogP contribution in [0.4, 0.5) is 19.0 Å². The van der Waals surface area contributed by atoms with Crippen LogP contribution in [0.2, 0.25) is 0 Å². The maximum atomic E-state index is 12.7. The fraction of sp³-hybridized carbons (Fsp3) is 0.300. The number of hydrogen-bond acceptors (Lipinski definition) is 6. The van der Waals surface area contributed by atoms with Crippen molar-refractivity contribution < 1.29 is 22.5 Å². The summed E-state index contributed by atoms with van der Waals surface area (Å²) in [6.07, 6.45) is 0.977. The van der Waals surface area contributed by atoms with E-state index in [9.17, 15) is 18.0 Å². The molecule has 4 heterocycles. The minimum Gasteiger partial charge on any atom is -0.356 e. The Hall–Kier alpha value is -3.43. The summed E-state index contributed by atoms with van der Waals surface area (Å²) < 4.78 is 43.2. The second-order valence-corrected chi connectivity index (χ2v) is 6.96. The number of alkyl halides is 3. The van der Waals surface area contributed by atoms with Gasteiger partial charge in [-0.1, -0.05) is 5.16 Å². The third-order valence-corrected chi connectivity index (χ3v) is 4.92. The van der Waals surface area contributed by atoms with Crippen molar-refractivity contribution in [3.05, 3.63) is 60.2 Å². The molecule has 0 unspecified atom stereocenters. The van der Waals surface area contributed by atoms with Crippen LogP contribution in [0.25, 0.3) is 11.3 Å². The number of nitrogens with one attached hydrogen (secondary N) is 1. The quantitative estimate of drug-likeness (QED) is 0.699. The molecule has 156 valence electrons. The minimum absolute atomic E-state index is 0.0678. The Bertz CT molecular complexity index is 997. The van der Waals surface area contributed by atoms with Crippen LogP contribution in [0.3, 0.4) is 0 Å². The maximum Gasteiger partial charge on any atom is 0.417 e. The lowest BCUT2D eigenvalue weighted by Crippen LogP contribution is -2.45. The van der Waals surface area contributed by atoms with Gasteiger partial charge in [-0.25, -0.2) is 4.98 Å². The van der Waals surface area contributed by atoms with Crippen LogP contribution in [0.1, 0.15) is 28.9 Å². The van der Waals surface area contributed by atoms with Crippen LogP contribution >= 0.6 is 0 Å². The first-order valence-corrected chi connectivity index (χ1v) is 9.36. The average molecular weight is 417 g/mol. The zero-order chi connectivity index (χ0) is 21.1. The second kappa shape index (κ2) is 8.13. The summed E-state index contributed by atoms with van der Waals surface area (Å²) in [5.74, 6) is 0.613. The molecule has 1 fully saturated rings. The number of carbonyl (C=O) groups is 1. The molecule has 1 N–H and O–H groups in total. The summed E-state index contributed by atoms with van der Waals surface area (Å²) in [6, 6.07) is 7.46. The molecule has 0 aromatic carbocycles. The standard InChI is InChI=1S/C20H18F3N5O2/c21-20(22,23)14-3-4-18(25-12-14)28-8-5-15(6-9-28)26-19(29)16-10-17(30-27-16)13-2-1-7-24-11-13/h1-4,7,10-12,15H,5-6,8-9H2,(H,26,29). The molecule has 3 aromatic heterocycles. The van der Waals surface area contributed by atoms with Gasteiger partial charge >= 0.3 is 6.18 Å². The van der Waals surface area contributed by atoms with Crippen molar-refractivity contribution in [1.29, 1.82) is 0 Å². The van der Waals surface area contributed by atoms with Crippen molar-refractivity contribution in [1.82, 2.24) is 20.4 Å². The highest BCUT2D eigenvalue weighted by Gasteiger charge is 2.31. The Kier molecular flexibility index (Phi) is 5.39. The van der Waals surface area contributed by atoms with E-state index in [0.717, 1.165) is 17.8 Å². The fourth-order valence-electron chi connectivity index (χ4n) is 3.28. The fourth-order valence-corrected chi connectivity index (χ4v) is 3.28. The van der Waals surface area contributed by atoms with Gasteiger partial charge in [-0.15, -0.1) is 0 Å². The highest BCUT2D eigenvalue weighted by atomic mass is 19.4. The molecule has 3 aromatic rings. The molecule has 0 saturated carbocycles. The number of carbonyl (C=O) groups excluding carboxylic acids is 1. The molecule has 1 aliphatic heterocycles. The molecular formula is C20H18F3N5O2. The molecule has 1 saturated heterocycles. The lowest BCUT2D eigenvalue weighted by atomic mass is 10.0. The smallest absolute Gasteiger partial charge is 0.356 e. The molecule has 4 rings (SSSR count). The number of hydrogen-bond donors (Lipinski definition) is 1. The number of anilines is 1. The molecular weight excluding hydrogens is 399 g/mol. The Morgan fingerprint density at radius 2 is 1.97 bits per heavy atom. The van der Waals surface area contributed by atoms with Crippen molar-refractivity contribution in [3.8, 4) is 11.3 Å². The van der Waals surface area contributed by atoms with Gasteiger partial charge in [-0.3, -0.25) is 9.78 Å². The molecule has 1 aliphatic rings. The van der Waals surface area contributed by atoms with Crippen LogP contribution in [0.15, 0.2) is 53.4 Å². The van der Waals surface area contributed by atoms with E-state index >= 15 is 0 Å². The second-order valence-electron chi connectivity index (χ2n) is 6.96. The Labute approximate surface area is 169 Å². The maximum absolute atomic E-state index is 12.7. The molecule has 10 heteroatoms. The van der Waals surface area contributed by atoms with E-state index in [1.807, 2.05) is 4.90 Å². The van der Waals surface area contributed by atoms with E-state index < -0.39 is 11.7 Å². The van der Waals surface area contributed by atoms with E-state index in [1.54, 1.807) is 30.6 Å². The van der Waals surface area contributed by atoms with Gasteiger partial charge in [-0.2, -0.15) is 13.2 Å². The summed E-state index contributed by atoms with van der Waals surface area (Å²) >= 11 is 0. The van der Waals surface area contributed by atoms with Crippen LogP contribution in [0.5, 0.6) is 0 Å². The van der Waals surface area contributed by atoms with Crippen LogP contribution in [-0.4, -0.2) is 40.2 Å². The zero-order valence-electron chi connectivity index (χ0n) is 15.8. The summed E-state index contributed by atoms with van der Waals surface area (Å²) in [6.45, 7) is 1.14. The SMILES string of the molecule is O=C(NC1CCN(c2ccc(C(F)(F)F)cn2)CC1)c1cc(-c2cccnc2)on1. The first-order chi connectivity index (χ1) is 14.4. The lowest BCUT2D eigenvalue weighted by molar-refractivity contribution is -0.137. The summed E-state index contributed by atoms with van der Waals surface area (Å²) in [5, 5.41) is 6.75. The van der Waals surface area contributed by atoms with Gasteiger partial charge in [0.1, 0.15) is 5.82 Å². The number of rotatable bonds is 4. The van der Waals surface area contributed by atoms with Crippen LogP contribution in [0, 0.1) is 0 Å². The number of piperidine rings is 1. The third-order valence-electron chi connectivity index (χ3n) is 4.92. The van der Waals surface area contributed by atoms with Gasteiger partial charge in [-0.05, 0) is 37.1 Å². The number of pyridine rings is 2. The van der Waals surface area contributed by atoms with E-state index in [4.69, 9.17) is 4.52 Å². The van der Waals surface area contributed by atoms with E-state index in [1.165, 1.54) is 6.07 Å². The first-order valence-electron chi connectivity index (χ1n) is 9.36. The minimum atomic E-state index is -4.40. The summed E-state index contributed by atoms with van der Waals surface area (Å²) in [4.78, 5) is 22.3. The third kappa shape index (κ3) is 4.42. The molecule has 0 aliphatic carbocycles. The van der Waals surface area contributed by atoms with Gasteiger partial charge in [0.05, 0.1) is 5.56 Å². The predicted octanol–water partition coefficient (Wildman–Crippen LogP) is 3.55. The van der Waals surface area contributed by atoms with Crippen LogP contribution in [-0.2, 0) is 6.18 Å². The number of halogens is 3. The van der Waals surface area contributed by atoms with E-state index in [0.29, 0.717) is 37.5 Å². The summed E-state index contributed by atoms with van der Waals surface area (Å²) in [5.41, 5.74) is 0.133. The summed E-state index contributed by atoms with van der Waals surface area (Å²) in [7, 11) is 0.